The van der Waals surface area contributed by atoms with Crippen molar-refractivity contribution in [3.63, 3.8) is 0 Å². The fourth-order valence-corrected chi connectivity index (χ4v) is 2.98. The van der Waals surface area contributed by atoms with Gasteiger partial charge in [0, 0.05) is 12.7 Å². The molecule has 3 rings (SSSR count). The van der Waals surface area contributed by atoms with Crippen LogP contribution in [0, 0.1) is 10.7 Å². The smallest absolute Gasteiger partial charge is 0.265 e. The Bertz CT molecular complexity index is 761. The highest BCUT2D eigenvalue weighted by molar-refractivity contribution is 8.03. The highest BCUT2D eigenvalue weighted by atomic mass is 32.2. The molecule has 1 heterocycles. The summed E-state index contributed by atoms with van der Waals surface area (Å²) in [6.45, 7) is 1.52. The van der Waals surface area contributed by atoms with Gasteiger partial charge < -0.3 is 9.30 Å². The van der Waals surface area contributed by atoms with Crippen molar-refractivity contribution >= 4 is 11.8 Å². The second-order valence-electron chi connectivity index (χ2n) is 5.64. The normalized spacial score (nSPS) is 13.7. The Morgan fingerprint density at radius 1 is 1.30 bits per heavy atom. The predicted molar refractivity (Wildman–Crippen MR) is 90.2 cm³/mol. The molecule has 0 saturated heterocycles. The van der Waals surface area contributed by atoms with Gasteiger partial charge in [-0.05, 0) is 47.7 Å². The SMILES string of the molecule is N#CSc1cc(C2CC2)cn(CCOCc2ccccc2)c1=O. The minimum Gasteiger partial charge on any atom is -0.375 e. The zero-order valence-corrected chi connectivity index (χ0v) is 13.6. The highest BCUT2D eigenvalue weighted by Crippen LogP contribution is 2.40. The van der Waals surface area contributed by atoms with E-state index < -0.39 is 0 Å². The second-order valence-corrected chi connectivity index (χ2v) is 6.47. The number of aromatic nitrogens is 1. The Balaban J connectivity index is 1.64. The highest BCUT2D eigenvalue weighted by Gasteiger charge is 2.25. The van der Waals surface area contributed by atoms with E-state index in [0.717, 1.165) is 22.9 Å². The van der Waals surface area contributed by atoms with Crippen molar-refractivity contribution in [2.75, 3.05) is 6.61 Å². The molecule has 0 spiro atoms. The van der Waals surface area contributed by atoms with Gasteiger partial charge in [-0.2, -0.15) is 5.26 Å². The summed E-state index contributed by atoms with van der Waals surface area (Å²) in [4.78, 5) is 12.9. The second kappa shape index (κ2) is 7.49. The van der Waals surface area contributed by atoms with Gasteiger partial charge in [-0.25, -0.2) is 0 Å². The van der Waals surface area contributed by atoms with Gasteiger partial charge in [0.1, 0.15) is 5.40 Å². The molecule has 0 unspecified atom stereocenters. The molecule has 1 aromatic carbocycles. The zero-order chi connectivity index (χ0) is 16.1. The first-order valence-corrected chi connectivity index (χ1v) is 8.51. The van der Waals surface area contributed by atoms with Crippen LogP contribution in [-0.2, 0) is 17.9 Å². The maximum Gasteiger partial charge on any atom is 0.265 e. The number of rotatable bonds is 7. The van der Waals surface area contributed by atoms with Gasteiger partial charge in [0.15, 0.2) is 0 Å². The third-order valence-corrected chi connectivity index (χ3v) is 4.47. The number of thioether (sulfide) groups is 1. The van der Waals surface area contributed by atoms with Crippen LogP contribution in [0.15, 0.2) is 52.3 Å². The lowest BCUT2D eigenvalue weighted by Crippen LogP contribution is -2.23. The summed E-state index contributed by atoms with van der Waals surface area (Å²) in [6, 6.07) is 11.8. The minimum atomic E-state index is -0.107. The Hall–Kier alpha value is -2.03. The Morgan fingerprint density at radius 2 is 2.09 bits per heavy atom. The lowest BCUT2D eigenvalue weighted by Gasteiger charge is -2.10. The maximum atomic E-state index is 12.4. The molecule has 23 heavy (non-hydrogen) atoms. The fraction of sp³-hybridized carbons (Fsp3) is 0.333. The molecule has 2 aromatic rings. The summed E-state index contributed by atoms with van der Waals surface area (Å²) in [5.41, 5.74) is 2.17. The fourth-order valence-electron chi connectivity index (χ4n) is 2.49. The molecule has 0 N–H and O–H groups in total. The minimum absolute atomic E-state index is 0.107. The molecular weight excluding hydrogens is 308 g/mol. The Kier molecular flexibility index (Phi) is 5.16. The number of benzene rings is 1. The standard InChI is InChI=1S/C18H18N2O2S/c19-13-23-17-10-16(15-6-7-15)11-20(18(17)21)8-9-22-12-14-4-2-1-3-5-14/h1-5,10-11,15H,6-9,12H2. The van der Waals surface area contributed by atoms with Gasteiger partial charge in [0.2, 0.25) is 0 Å². The van der Waals surface area contributed by atoms with Gasteiger partial charge in [0.25, 0.3) is 5.56 Å². The molecule has 1 aliphatic rings. The molecule has 1 saturated carbocycles. The molecule has 0 bridgehead atoms. The van der Waals surface area contributed by atoms with Crippen molar-refractivity contribution < 1.29 is 4.74 Å². The lowest BCUT2D eigenvalue weighted by molar-refractivity contribution is 0.112. The van der Waals surface area contributed by atoms with Crippen LogP contribution in [-0.4, -0.2) is 11.2 Å². The van der Waals surface area contributed by atoms with Crippen LogP contribution in [0.1, 0.15) is 29.9 Å². The lowest BCUT2D eigenvalue weighted by atomic mass is 10.2. The van der Waals surface area contributed by atoms with Crippen LogP contribution in [0.25, 0.3) is 0 Å². The first-order chi connectivity index (χ1) is 11.3. The molecule has 0 aliphatic heterocycles. The van der Waals surface area contributed by atoms with Crippen molar-refractivity contribution in [2.45, 2.75) is 36.8 Å². The van der Waals surface area contributed by atoms with Crippen LogP contribution in [0.4, 0.5) is 0 Å². The molecule has 0 radical (unpaired) electrons. The predicted octanol–water partition coefficient (Wildman–Crippen LogP) is 3.52. The summed E-state index contributed by atoms with van der Waals surface area (Å²) in [5, 5.41) is 10.9. The molecule has 0 atom stereocenters. The van der Waals surface area contributed by atoms with Crippen LogP contribution < -0.4 is 5.56 Å². The van der Waals surface area contributed by atoms with E-state index >= 15 is 0 Å². The number of pyridine rings is 1. The van der Waals surface area contributed by atoms with E-state index in [4.69, 9.17) is 10.00 Å². The van der Waals surface area contributed by atoms with Gasteiger partial charge in [-0.3, -0.25) is 4.79 Å². The van der Waals surface area contributed by atoms with E-state index in [0.29, 0.717) is 30.6 Å². The average molecular weight is 326 g/mol. The van der Waals surface area contributed by atoms with E-state index in [-0.39, 0.29) is 5.56 Å². The zero-order valence-electron chi connectivity index (χ0n) is 12.8. The molecule has 1 aliphatic carbocycles. The van der Waals surface area contributed by atoms with Crippen molar-refractivity contribution in [3.05, 3.63) is 64.1 Å². The third kappa shape index (κ3) is 4.25. The number of hydrogen-bond donors (Lipinski definition) is 0. The van der Waals surface area contributed by atoms with Gasteiger partial charge >= 0.3 is 0 Å². The molecule has 118 valence electrons. The number of thiocyanates is 1. The van der Waals surface area contributed by atoms with E-state index in [1.807, 2.05) is 48.0 Å². The van der Waals surface area contributed by atoms with E-state index in [9.17, 15) is 4.79 Å². The molecular formula is C18H18N2O2S. The quantitative estimate of drug-likeness (QED) is 0.444. The Morgan fingerprint density at radius 3 is 2.78 bits per heavy atom. The number of nitriles is 1. The number of nitrogens with zero attached hydrogens (tertiary/aromatic N) is 2. The van der Waals surface area contributed by atoms with Crippen molar-refractivity contribution in [3.8, 4) is 5.40 Å². The van der Waals surface area contributed by atoms with Crippen LogP contribution in [0.2, 0.25) is 0 Å². The van der Waals surface area contributed by atoms with Gasteiger partial charge in [-0.15, -0.1) is 0 Å². The van der Waals surface area contributed by atoms with Crippen LogP contribution in [0.3, 0.4) is 0 Å². The largest absolute Gasteiger partial charge is 0.375 e. The van der Waals surface area contributed by atoms with Crippen molar-refractivity contribution in [1.82, 2.24) is 4.57 Å². The average Bonchev–Trinajstić information content (AvgIpc) is 3.41. The molecule has 4 nitrogen and oxygen atoms in total. The first-order valence-electron chi connectivity index (χ1n) is 7.70. The van der Waals surface area contributed by atoms with Crippen LogP contribution in [0.5, 0.6) is 0 Å². The van der Waals surface area contributed by atoms with E-state index in [2.05, 4.69) is 0 Å². The van der Waals surface area contributed by atoms with Gasteiger partial charge in [-0.1, -0.05) is 30.3 Å². The van der Waals surface area contributed by atoms with Gasteiger partial charge in [0.05, 0.1) is 18.1 Å². The summed E-state index contributed by atoms with van der Waals surface area (Å²) < 4.78 is 7.34. The summed E-state index contributed by atoms with van der Waals surface area (Å²) in [7, 11) is 0. The van der Waals surface area contributed by atoms with E-state index in [1.165, 1.54) is 12.8 Å². The molecule has 1 aromatic heterocycles. The molecule has 1 fully saturated rings. The Labute approximate surface area is 139 Å². The number of hydrogen-bond acceptors (Lipinski definition) is 4. The monoisotopic (exact) mass is 326 g/mol. The summed E-state index contributed by atoms with van der Waals surface area (Å²) in [5.74, 6) is 0.546. The first kappa shape index (κ1) is 15.9. The summed E-state index contributed by atoms with van der Waals surface area (Å²) in [6.07, 6.45) is 4.26. The van der Waals surface area contributed by atoms with Crippen LogP contribution >= 0.6 is 11.8 Å². The number of ether oxygens (including phenoxy) is 1. The topological polar surface area (TPSA) is 55.0 Å². The molecule has 0 amide bonds. The molecule has 5 heteroatoms. The third-order valence-electron chi connectivity index (χ3n) is 3.87. The van der Waals surface area contributed by atoms with Crippen molar-refractivity contribution in [2.24, 2.45) is 0 Å². The van der Waals surface area contributed by atoms with E-state index in [1.54, 1.807) is 4.57 Å². The summed E-state index contributed by atoms with van der Waals surface area (Å²) >= 11 is 0.943. The maximum absolute atomic E-state index is 12.4. The van der Waals surface area contributed by atoms with Crippen molar-refractivity contribution in [1.29, 1.82) is 5.26 Å².